The van der Waals surface area contributed by atoms with Gasteiger partial charge in [-0.3, -0.25) is 4.79 Å². The molecule has 1 N–H and O–H groups in total. The van der Waals surface area contributed by atoms with Crippen molar-refractivity contribution in [3.63, 3.8) is 0 Å². The van der Waals surface area contributed by atoms with E-state index in [9.17, 15) is 9.90 Å². The first-order valence-electron chi connectivity index (χ1n) is 6.96. The summed E-state index contributed by atoms with van der Waals surface area (Å²) in [7, 11) is 0. The van der Waals surface area contributed by atoms with Gasteiger partial charge in [0.25, 0.3) is 0 Å². The lowest BCUT2D eigenvalue weighted by molar-refractivity contribution is 0.0118. The molecule has 0 atom stereocenters. The average Bonchev–Trinajstić information content (AvgIpc) is 2.47. The van der Waals surface area contributed by atoms with Crippen LogP contribution in [0.3, 0.4) is 0 Å². The second-order valence-electron chi connectivity index (χ2n) is 5.45. The van der Waals surface area contributed by atoms with E-state index in [0.29, 0.717) is 18.4 Å². The normalized spacial score (nSPS) is 18.4. The van der Waals surface area contributed by atoms with Crippen molar-refractivity contribution in [1.29, 1.82) is 0 Å². The second-order valence-corrected chi connectivity index (χ2v) is 5.45. The zero-order chi connectivity index (χ0) is 13.3. The molecule has 1 fully saturated rings. The molecular weight excluding hydrogens is 236 g/mol. The monoisotopic (exact) mass is 254 g/mol. The van der Waals surface area contributed by atoms with Gasteiger partial charge in [0, 0.05) is 5.56 Å². The van der Waals surface area contributed by atoms with Gasteiger partial charge in [0.05, 0.1) is 0 Å². The molecular formula is C17H18O2. The zero-order valence-electron chi connectivity index (χ0n) is 10.9. The Morgan fingerprint density at radius 3 is 2.42 bits per heavy atom. The predicted molar refractivity (Wildman–Crippen MR) is 76.3 cm³/mol. The molecule has 0 saturated heterocycles. The van der Waals surface area contributed by atoms with E-state index in [1.54, 1.807) is 0 Å². The highest BCUT2D eigenvalue weighted by Crippen LogP contribution is 2.33. The molecule has 0 aliphatic heterocycles. The molecule has 98 valence electrons. The van der Waals surface area contributed by atoms with E-state index in [2.05, 4.69) is 0 Å². The number of ketones is 1. The maximum atomic E-state index is 12.7. The molecule has 2 aromatic carbocycles. The molecule has 2 heteroatoms. The summed E-state index contributed by atoms with van der Waals surface area (Å²) in [6.07, 6.45) is 4.18. The van der Waals surface area contributed by atoms with Crippen LogP contribution in [0.25, 0.3) is 10.8 Å². The van der Waals surface area contributed by atoms with Crippen molar-refractivity contribution < 1.29 is 9.90 Å². The number of hydrogen-bond donors (Lipinski definition) is 1. The number of hydrogen-bond acceptors (Lipinski definition) is 2. The topological polar surface area (TPSA) is 37.3 Å². The Morgan fingerprint density at radius 1 is 0.947 bits per heavy atom. The maximum absolute atomic E-state index is 12.7. The molecule has 0 radical (unpaired) electrons. The molecule has 1 aliphatic carbocycles. The van der Waals surface area contributed by atoms with Gasteiger partial charge in [-0.05, 0) is 23.6 Å². The van der Waals surface area contributed by atoms with Gasteiger partial charge in [-0.25, -0.2) is 0 Å². The van der Waals surface area contributed by atoms with Crippen LogP contribution in [0.2, 0.25) is 0 Å². The van der Waals surface area contributed by atoms with E-state index in [4.69, 9.17) is 0 Å². The molecule has 0 aromatic heterocycles. The molecule has 0 bridgehead atoms. The lowest BCUT2D eigenvalue weighted by atomic mass is 9.79. The van der Waals surface area contributed by atoms with Crippen LogP contribution < -0.4 is 0 Å². The van der Waals surface area contributed by atoms with Crippen molar-refractivity contribution in [2.45, 2.75) is 37.7 Å². The minimum Gasteiger partial charge on any atom is -0.382 e. The Morgan fingerprint density at radius 2 is 1.63 bits per heavy atom. The minimum absolute atomic E-state index is 0.107. The van der Waals surface area contributed by atoms with Gasteiger partial charge >= 0.3 is 0 Å². The number of benzene rings is 2. The van der Waals surface area contributed by atoms with E-state index >= 15 is 0 Å². The molecule has 0 spiro atoms. The van der Waals surface area contributed by atoms with E-state index in [1.807, 2.05) is 42.5 Å². The summed E-state index contributed by atoms with van der Waals surface area (Å²) in [5.74, 6) is -0.107. The Bertz CT molecular complexity index is 604. The van der Waals surface area contributed by atoms with Gasteiger partial charge in [0.2, 0.25) is 0 Å². The van der Waals surface area contributed by atoms with Crippen LogP contribution in [0.1, 0.15) is 42.5 Å². The Hall–Kier alpha value is -1.67. The summed E-state index contributed by atoms with van der Waals surface area (Å²) in [6, 6.07) is 13.6. The number of rotatable bonds is 2. The molecule has 3 rings (SSSR count). The summed E-state index contributed by atoms with van der Waals surface area (Å²) < 4.78 is 0. The molecule has 2 aromatic rings. The summed E-state index contributed by atoms with van der Waals surface area (Å²) in [4.78, 5) is 12.7. The van der Waals surface area contributed by atoms with Crippen molar-refractivity contribution in [3.8, 4) is 0 Å². The highest BCUT2D eigenvalue weighted by molar-refractivity contribution is 6.11. The fourth-order valence-electron chi connectivity index (χ4n) is 3.04. The van der Waals surface area contributed by atoms with Crippen LogP contribution in [0, 0.1) is 0 Å². The van der Waals surface area contributed by atoms with Crippen molar-refractivity contribution in [1.82, 2.24) is 0 Å². The first kappa shape index (κ1) is 12.4. The Labute approximate surface area is 113 Å². The third-order valence-corrected chi connectivity index (χ3v) is 4.14. The third-order valence-electron chi connectivity index (χ3n) is 4.14. The lowest BCUT2D eigenvalue weighted by Crippen LogP contribution is -2.40. The Balaban J connectivity index is 2.06. The maximum Gasteiger partial charge on any atom is 0.194 e. The first-order valence-corrected chi connectivity index (χ1v) is 6.96. The van der Waals surface area contributed by atoms with Gasteiger partial charge in [0.15, 0.2) is 5.78 Å². The van der Waals surface area contributed by atoms with Gasteiger partial charge in [-0.1, -0.05) is 61.7 Å². The van der Waals surface area contributed by atoms with Crippen molar-refractivity contribution >= 4 is 16.6 Å². The van der Waals surface area contributed by atoms with Crippen LogP contribution in [-0.4, -0.2) is 16.5 Å². The van der Waals surface area contributed by atoms with E-state index in [-0.39, 0.29) is 5.78 Å². The minimum atomic E-state index is -1.15. The summed E-state index contributed by atoms with van der Waals surface area (Å²) in [6.45, 7) is 0. The molecule has 0 amide bonds. The fraction of sp³-hybridized carbons (Fsp3) is 0.353. The molecule has 0 unspecified atom stereocenters. The van der Waals surface area contributed by atoms with E-state index in [0.717, 1.165) is 30.0 Å². The number of aliphatic hydroxyl groups is 1. The summed E-state index contributed by atoms with van der Waals surface area (Å²) >= 11 is 0. The standard InChI is InChI=1S/C17H18O2/c18-16(17(19)11-4-1-5-12-17)15-10-6-8-13-7-2-3-9-14(13)15/h2-3,6-10,19H,1,4-5,11-12H2. The first-order chi connectivity index (χ1) is 9.21. The average molecular weight is 254 g/mol. The fourth-order valence-corrected chi connectivity index (χ4v) is 3.04. The predicted octanol–water partition coefficient (Wildman–Crippen LogP) is 3.72. The van der Waals surface area contributed by atoms with Crippen molar-refractivity contribution in [3.05, 3.63) is 48.0 Å². The third kappa shape index (κ3) is 2.17. The molecule has 1 aliphatic rings. The van der Waals surface area contributed by atoms with Gasteiger partial charge in [-0.15, -0.1) is 0 Å². The van der Waals surface area contributed by atoms with Gasteiger partial charge in [0.1, 0.15) is 5.60 Å². The van der Waals surface area contributed by atoms with Crippen molar-refractivity contribution in [2.75, 3.05) is 0 Å². The number of carbonyl (C=O) groups excluding carboxylic acids is 1. The summed E-state index contributed by atoms with van der Waals surface area (Å²) in [5, 5.41) is 12.6. The van der Waals surface area contributed by atoms with Crippen molar-refractivity contribution in [2.24, 2.45) is 0 Å². The quantitative estimate of drug-likeness (QED) is 0.829. The van der Waals surface area contributed by atoms with Crippen LogP contribution in [0.5, 0.6) is 0 Å². The van der Waals surface area contributed by atoms with Gasteiger partial charge in [-0.2, -0.15) is 0 Å². The van der Waals surface area contributed by atoms with Gasteiger partial charge < -0.3 is 5.11 Å². The zero-order valence-corrected chi connectivity index (χ0v) is 10.9. The highest BCUT2D eigenvalue weighted by atomic mass is 16.3. The summed E-state index contributed by atoms with van der Waals surface area (Å²) in [5.41, 5.74) is -0.495. The smallest absolute Gasteiger partial charge is 0.194 e. The van der Waals surface area contributed by atoms with Crippen LogP contribution in [-0.2, 0) is 0 Å². The number of carbonyl (C=O) groups is 1. The van der Waals surface area contributed by atoms with Crippen LogP contribution in [0.15, 0.2) is 42.5 Å². The largest absolute Gasteiger partial charge is 0.382 e. The highest BCUT2D eigenvalue weighted by Gasteiger charge is 2.37. The second kappa shape index (κ2) is 4.78. The number of fused-ring (bicyclic) bond motifs is 1. The van der Waals surface area contributed by atoms with E-state index < -0.39 is 5.60 Å². The lowest BCUT2D eigenvalue weighted by Gasteiger charge is -2.30. The molecule has 0 heterocycles. The molecule has 1 saturated carbocycles. The molecule has 2 nitrogen and oxygen atoms in total. The Kier molecular flexibility index (Phi) is 3.11. The van der Waals surface area contributed by atoms with Crippen LogP contribution in [0.4, 0.5) is 0 Å². The SMILES string of the molecule is O=C(c1cccc2ccccc12)C1(O)CCCCC1. The number of Topliss-reactive ketones (excluding diaryl/α,β-unsaturated/α-hetero) is 1. The van der Waals surface area contributed by atoms with E-state index in [1.165, 1.54) is 0 Å². The van der Waals surface area contributed by atoms with Crippen LogP contribution >= 0.6 is 0 Å². The molecule has 19 heavy (non-hydrogen) atoms.